The summed E-state index contributed by atoms with van der Waals surface area (Å²) in [4.78, 5) is 47.9. The van der Waals surface area contributed by atoms with Crippen LogP contribution < -0.4 is 16.8 Å². The van der Waals surface area contributed by atoms with Crippen molar-refractivity contribution in [3.05, 3.63) is 45.4 Å². The number of carbonyl (C=O) groups is 3. The summed E-state index contributed by atoms with van der Waals surface area (Å²) in [6.45, 7) is 1.33. The van der Waals surface area contributed by atoms with Crippen LogP contribution in [0.2, 0.25) is 5.02 Å². The molecule has 2 aromatic heterocycles. The number of aryl methyl sites for hydroxylation is 1. The van der Waals surface area contributed by atoms with Gasteiger partial charge in [0.1, 0.15) is 4.21 Å². The second kappa shape index (κ2) is 12.6. The molecule has 1 aliphatic heterocycles. The Balaban J connectivity index is 1.39. The van der Waals surface area contributed by atoms with Crippen LogP contribution in [-0.4, -0.2) is 84.9 Å². The van der Waals surface area contributed by atoms with Crippen LogP contribution in [0.4, 0.5) is 0 Å². The lowest BCUT2D eigenvalue weighted by Crippen LogP contribution is -2.55. The minimum absolute atomic E-state index is 0.0236. The molecule has 16 heteroatoms. The molecule has 1 atom stereocenters. The molecule has 1 saturated heterocycles. The lowest BCUT2D eigenvalue weighted by molar-refractivity contribution is -0.138. The number of guanidine groups is 1. The van der Waals surface area contributed by atoms with Crippen LogP contribution in [0.3, 0.4) is 0 Å². The maximum atomic E-state index is 13.4. The van der Waals surface area contributed by atoms with Crippen molar-refractivity contribution in [1.29, 1.82) is 0 Å². The Bertz CT molecular complexity index is 1550. The number of rotatable bonds is 11. The van der Waals surface area contributed by atoms with E-state index < -0.39 is 34.4 Å². The number of fused-ring (bicyclic) bond motifs is 1. The summed E-state index contributed by atoms with van der Waals surface area (Å²) < 4.78 is 28.9. The lowest BCUT2D eigenvalue weighted by Gasteiger charge is -2.33. The second-order valence-corrected chi connectivity index (χ2v) is 13.6. The molecule has 1 fully saturated rings. The number of hydrogen-bond acceptors (Lipinski definition) is 9. The molecule has 3 aromatic rings. The number of nitrogens with zero attached hydrogens (tertiary/aromatic N) is 4. The number of sulfonamides is 1. The Labute approximate surface area is 244 Å². The number of aliphatic imine (C=N–C) groups is 1. The van der Waals surface area contributed by atoms with Gasteiger partial charge in [-0.2, -0.15) is 4.31 Å². The summed E-state index contributed by atoms with van der Waals surface area (Å²) in [6.07, 6.45) is 2.19. The van der Waals surface area contributed by atoms with E-state index >= 15 is 0 Å². The molecule has 3 heterocycles. The SMILES string of the molecule is Cc1c(S(=O)(=O)N2CCN(CC(=O)N[C@@H](CCCN=C(N)N)C(=O)c3nccs3)C(=O)C2)sc2ccc(Cl)cc12. The van der Waals surface area contributed by atoms with Gasteiger partial charge in [0.05, 0.1) is 19.1 Å². The quantitative estimate of drug-likeness (QED) is 0.124. The standard InChI is InChI=1S/C24H28ClN7O5S3/c1-14-16-11-15(25)4-5-18(16)39-23(14)40(36,37)32-9-8-31(20(34)13-32)12-19(33)30-17(3-2-6-29-24(26)27)21(35)22-28-7-10-38-22/h4-5,7,10-11,17H,2-3,6,8-9,12-13H2,1H3,(H,30,33)(H4,26,27,29)/t17-/m0/s1. The average molecular weight is 626 g/mol. The second-order valence-electron chi connectivity index (χ2n) is 9.08. The van der Waals surface area contributed by atoms with E-state index in [1.807, 2.05) is 0 Å². The van der Waals surface area contributed by atoms with Crippen LogP contribution in [0.25, 0.3) is 10.1 Å². The third-order valence-corrected chi connectivity index (χ3v) is 11.0. The van der Waals surface area contributed by atoms with Crippen LogP contribution >= 0.6 is 34.3 Å². The highest BCUT2D eigenvalue weighted by Gasteiger charge is 2.36. The molecule has 1 aromatic carbocycles. The number of piperazine rings is 1. The third-order valence-electron chi connectivity index (χ3n) is 6.29. The Hall–Kier alpha value is -3.11. The molecule has 0 bridgehead atoms. The summed E-state index contributed by atoms with van der Waals surface area (Å²) in [7, 11) is -3.94. The maximum absolute atomic E-state index is 13.4. The number of carbonyl (C=O) groups excluding carboxylic acids is 3. The van der Waals surface area contributed by atoms with Gasteiger partial charge in [-0.05, 0) is 48.9 Å². The number of Topliss-reactive ketones (excluding diaryl/α,β-unsaturated/α-hetero) is 1. The average Bonchev–Trinajstić information content (AvgIpc) is 3.55. The number of nitrogens with one attached hydrogen (secondary N) is 1. The molecular weight excluding hydrogens is 598 g/mol. The molecule has 0 unspecified atom stereocenters. The highest BCUT2D eigenvalue weighted by molar-refractivity contribution is 7.91. The molecular formula is C24H28ClN7O5S3. The Morgan fingerprint density at radius 3 is 2.73 bits per heavy atom. The predicted molar refractivity (Wildman–Crippen MR) is 155 cm³/mol. The number of thiazole rings is 1. The van der Waals surface area contributed by atoms with Crippen LogP contribution in [-0.2, 0) is 19.6 Å². The zero-order valence-electron chi connectivity index (χ0n) is 21.5. The fourth-order valence-corrected chi connectivity index (χ4v) is 8.34. The summed E-state index contributed by atoms with van der Waals surface area (Å²) in [5.74, 6) is -1.48. The first-order chi connectivity index (χ1) is 19.0. The van der Waals surface area contributed by atoms with E-state index in [0.29, 0.717) is 17.0 Å². The van der Waals surface area contributed by atoms with Crippen LogP contribution in [0.1, 0.15) is 28.2 Å². The predicted octanol–water partition coefficient (Wildman–Crippen LogP) is 1.57. The fourth-order valence-electron chi connectivity index (χ4n) is 4.27. The van der Waals surface area contributed by atoms with Crippen molar-refractivity contribution in [2.45, 2.75) is 30.0 Å². The van der Waals surface area contributed by atoms with Gasteiger partial charge < -0.3 is 21.7 Å². The minimum atomic E-state index is -3.94. The molecule has 12 nitrogen and oxygen atoms in total. The molecule has 214 valence electrons. The number of nitrogens with two attached hydrogens (primary N) is 2. The van der Waals surface area contributed by atoms with Gasteiger partial charge in [0.25, 0.3) is 10.0 Å². The highest BCUT2D eigenvalue weighted by atomic mass is 35.5. The molecule has 5 N–H and O–H groups in total. The molecule has 0 radical (unpaired) electrons. The van der Waals surface area contributed by atoms with Gasteiger partial charge in [-0.15, -0.1) is 22.7 Å². The van der Waals surface area contributed by atoms with Gasteiger partial charge in [0.15, 0.2) is 11.0 Å². The van der Waals surface area contributed by atoms with Gasteiger partial charge in [-0.3, -0.25) is 19.4 Å². The van der Waals surface area contributed by atoms with Crippen molar-refractivity contribution in [1.82, 2.24) is 19.5 Å². The third kappa shape index (κ3) is 6.78. The van der Waals surface area contributed by atoms with Crippen molar-refractivity contribution in [2.24, 2.45) is 16.5 Å². The first-order valence-corrected chi connectivity index (χ1v) is 15.7. The van der Waals surface area contributed by atoms with E-state index in [1.54, 1.807) is 30.5 Å². The van der Waals surface area contributed by atoms with E-state index in [9.17, 15) is 22.8 Å². The molecule has 40 heavy (non-hydrogen) atoms. The maximum Gasteiger partial charge on any atom is 0.253 e. The first kappa shape index (κ1) is 29.9. The van der Waals surface area contributed by atoms with Crippen molar-refractivity contribution in [3.63, 3.8) is 0 Å². The fraction of sp³-hybridized carbons (Fsp3) is 0.375. The number of hydrogen-bond donors (Lipinski definition) is 3. The number of ketones is 1. The van der Waals surface area contributed by atoms with Gasteiger partial charge in [-0.1, -0.05) is 11.6 Å². The highest BCUT2D eigenvalue weighted by Crippen LogP contribution is 2.37. The Morgan fingerprint density at radius 1 is 1.27 bits per heavy atom. The van der Waals surface area contributed by atoms with E-state index in [1.165, 1.54) is 11.1 Å². The molecule has 0 aliphatic carbocycles. The van der Waals surface area contributed by atoms with Crippen LogP contribution in [0.5, 0.6) is 0 Å². The molecule has 4 rings (SSSR count). The Kier molecular flexibility index (Phi) is 9.41. The van der Waals surface area contributed by atoms with Crippen molar-refractivity contribution >= 4 is 77.9 Å². The first-order valence-electron chi connectivity index (χ1n) is 12.2. The Morgan fingerprint density at radius 2 is 2.05 bits per heavy atom. The van der Waals surface area contributed by atoms with Crippen molar-refractivity contribution < 1.29 is 22.8 Å². The van der Waals surface area contributed by atoms with Gasteiger partial charge in [-0.25, -0.2) is 13.4 Å². The molecule has 0 saturated carbocycles. The van der Waals surface area contributed by atoms with Crippen LogP contribution in [0, 0.1) is 6.92 Å². The van der Waals surface area contributed by atoms with Crippen molar-refractivity contribution in [3.8, 4) is 0 Å². The number of aromatic nitrogens is 1. The molecule has 2 amide bonds. The lowest BCUT2D eigenvalue weighted by atomic mass is 10.1. The van der Waals surface area contributed by atoms with Gasteiger partial charge in [0.2, 0.25) is 17.6 Å². The number of thiophene rings is 1. The summed E-state index contributed by atoms with van der Waals surface area (Å²) in [6, 6.07) is 4.30. The van der Waals surface area contributed by atoms with Crippen molar-refractivity contribution in [2.75, 3.05) is 32.7 Å². The summed E-state index contributed by atoms with van der Waals surface area (Å²) in [5, 5.41) is 5.85. The van der Waals surface area contributed by atoms with Crippen LogP contribution in [0.15, 0.2) is 39.0 Å². The number of halogens is 1. The number of benzene rings is 1. The zero-order valence-corrected chi connectivity index (χ0v) is 24.7. The van der Waals surface area contributed by atoms with Gasteiger partial charge in [0, 0.05) is 40.9 Å². The van der Waals surface area contributed by atoms with Gasteiger partial charge >= 0.3 is 0 Å². The molecule has 0 spiro atoms. The van der Waals surface area contributed by atoms with E-state index in [4.69, 9.17) is 23.1 Å². The number of amides is 2. The van der Waals surface area contributed by atoms with E-state index in [2.05, 4.69) is 15.3 Å². The monoisotopic (exact) mass is 625 g/mol. The summed E-state index contributed by atoms with van der Waals surface area (Å²) in [5.41, 5.74) is 11.3. The minimum Gasteiger partial charge on any atom is -0.370 e. The zero-order chi connectivity index (χ0) is 29.0. The topological polar surface area (TPSA) is 181 Å². The smallest absolute Gasteiger partial charge is 0.253 e. The van der Waals surface area contributed by atoms with E-state index in [-0.39, 0.29) is 53.6 Å². The summed E-state index contributed by atoms with van der Waals surface area (Å²) >= 11 is 8.37. The normalized spacial score (nSPS) is 15.2. The molecule has 1 aliphatic rings. The van der Waals surface area contributed by atoms with E-state index in [0.717, 1.165) is 37.1 Å². The largest absolute Gasteiger partial charge is 0.370 e.